The predicted molar refractivity (Wildman–Crippen MR) is 64.3 cm³/mol. The van der Waals surface area contributed by atoms with E-state index < -0.39 is 0 Å². The van der Waals surface area contributed by atoms with Crippen LogP contribution in [0.3, 0.4) is 0 Å². The van der Waals surface area contributed by atoms with Gasteiger partial charge < -0.3 is 15.7 Å². The third-order valence-electron chi connectivity index (χ3n) is 2.39. The summed E-state index contributed by atoms with van der Waals surface area (Å²) in [6.07, 6.45) is 5.28. The second-order valence-corrected chi connectivity index (χ2v) is 3.84. The van der Waals surface area contributed by atoms with Crippen LogP contribution in [0.1, 0.15) is 29.8 Å². The number of hydrogen-bond donors (Lipinski definition) is 2. The van der Waals surface area contributed by atoms with Gasteiger partial charge in [0, 0.05) is 20.2 Å². The molecule has 0 saturated carbocycles. The van der Waals surface area contributed by atoms with Gasteiger partial charge in [0.2, 0.25) is 0 Å². The van der Waals surface area contributed by atoms with Crippen molar-refractivity contribution in [1.82, 2.24) is 14.9 Å². The van der Waals surface area contributed by atoms with Crippen molar-refractivity contribution in [2.24, 2.45) is 0 Å². The smallest absolute Gasteiger partial charge is 0.273 e. The highest BCUT2D eigenvalue weighted by Crippen LogP contribution is 2.03. The average Bonchev–Trinajstić information content (AvgIpc) is 2.34. The van der Waals surface area contributed by atoms with Gasteiger partial charge in [0.1, 0.15) is 11.5 Å². The lowest BCUT2D eigenvalue weighted by atomic mass is 10.2. The SMILES string of the molecule is CN(CCCCCO)C(=O)c1cnc(N)cn1. The molecule has 0 aliphatic carbocycles. The lowest BCUT2D eigenvalue weighted by molar-refractivity contribution is 0.0786. The Bertz CT molecular complexity index is 353. The van der Waals surface area contributed by atoms with Crippen LogP contribution in [0, 0.1) is 0 Å². The average molecular weight is 238 g/mol. The highest BCUT2D eigenvalue weighted by atomic mass is 16.2. The predicted octanol–water partition coefficient (Wildman–Crippen LogP) is 0.293. The maximum atomic E-state index is 11.9. The molecule has 1 amide bonds. The van der Waals surface area contributed by atoms with Gasteiger partial charge in [-0.25, -0.2) is 9.97 Å². The molecule has 0 fully saturated rings. The number of nitrogens with zero attached hydrogens (tertiary/aromatic N) is 3. The Hall–Kier alpha value is -1.69. The zero-order valence-electron chi connectivity index (χ0n) is 9.96. The number of nitrogen functional groups attached to an aromatic ring is 1. The number of unbranched alkanes of at least 4 members (excludes halogenated alkanes) is 2. The van der Waals surface area contributed by atoms with E-state index in [0.29, 0.717) is 18.1 Å². The minimum atomic E-state index is -0.165. The van der Waals surface area contributed by atoms with Crippen LogP contribution in [0.25, 0.3) is 0 Å². The van der Waals surface area contributed by atoms with Crippen molar-refractivity contribution < 1.29 is 9.90 Å². The van der Waals surface area contributed by atoms with Gasteiger partial charge in [0.25, 0.3) is 5.91 Å². The van der Waals surface area contributed by atoms with Gasteiger partial charge in [-0.15, -0.1) is 0 Å². The monoisotopic (exact) mass is 238 g/mol. The summed E-state index contributed by atoms with van der Waals surface area (Å²) in [4.78, 5) is 21.2. The van der Waals surface area contributed by atoms with Gasteiger partial charge in [0.15, 0.2) is 0 Å². The Morgan fingerprint density at radius 2 is 2.12 bits per heavy atom. The highest BCUT2D eigenvalue weighted by molar-refractivity contribution is 5.91. The third kappa shape index (κ3) is 4.36. The van der Waals surface area contributed by atoms with Gasteiger partial charge >= 0.3 is 0 Å². The Kier molecular flexibility index (Phi) is 5.35. The standard InChI is InChI=1S/C11H18N4O2/c1-15(5-3-2-4-6-16)11(17)9-7-14-10(12)8-13-9/h7-8,16H,2-6H2,1H3,(H2,12,14). The molecule has 0 atom stereocenters. The van der Waals surface area contributed by atoms with E-state index in [0.717, 1.165) is 19.3 Å². The Morgan fingerprint density at radius 1 is 1.35 bits per heavy atom. The quantitative estimate of drug-likeness (QED) is 0.695. The first-order valence-corrected chi connectivity index (χ1v) is 5.59. The number of aliphatic hydroxyl groups excluding tert-OH is 1. The van der Waals surface area contributed by atoms with Crippen molar-refractivity contribution in [3.8, 4) is 0 Å². The number of hydrogen-bond acceptors (Lipinski definition) is 5. The van der Waals surface area contributed by atoms with E-state index in [4.69, 9.17) is 10.8 Å². The first-order chi connectivity index (χ1) is 8.15. The fraction of sp³-hybridized carbons (Fsp3) is 0.545. The number of nitrogens with two attached hydrogens (primary N) is 1. The van der Waals surface area contributed by atoms with Gasteiger partial charge in [-0.3, -0.25) is 4.79 Å². The van der Waals surface area contributed by atoms with Crippen LogP contribution < -0.4 is 5.73 Å². The van der Waals surface area contributed by atoms with Crippen molar-refractivity contribution in [3.63, 3.8) is 0 Å². The van der Waals surface area contributed by atoms with E-state index >= 15 is 0 Å². The fourth-order valence-corrected chi connectivity index (χ4v) is 1.38. The van der Waals surface area contributed by atoms with E-state index in [-0.39, 0.29) is 12.5 Å². The van der Waals surface area contributed by atoms with Crippen molar-refractivity contribution in [1.29, 1.82) is 0 Å². The summed E-state index contributed by atoms with van der Waals surface area (Å²) in [5.41, 5.74) is 5.69. The van der Waals surface area contributed by atoms with E-state index in [1.54, 1.807) is 11.9 Å². The van der Waals surface area contributed by atoms with E-state index in [1.807, 2.05) is 0 Å². The van der Waals surface area contributed by atoms with E-state index in [2.05, 4.69) is 9.97 Å². The van der Waals surface area contributed by atoms with Crippen LogP contribution >= 0.6 is 0 Å². The molecule has 3 N–H and O–H groups in total. The summed E-state index contributed by atoms with van der Waals surface area (Å²) in [6.45, 7) is 0.839. The normalized spacial score (nSPS) is 10.2. The van der Waals surface area contributed by atoms with Crippen LogP contribution in [-0.2, 0) is 0 Å². The number of carbonyl (C=O) groups excluding carboxylic acids is 1. The van der Waals surface area contributed by atoms with Crippen LogP contribution in [0.5, 0.6) is 0 Å². The van der Waals surface area contributed by atoms with Gasteiger partial charge in [0.05, 0.1) is 12.4 Å². The lowest BCUT2D eigenvalue weighted by Gasteiger charge is -2.16. The van der Waals surface area contributed by atoms with Crippen molar-refractivity contribution >= 4 is 11.7 Å². The van der Waals surface area contributed by atoms with Crippen molar-refractivity contribution in [2.45, 2.75) is 19.3 Å². The molecule has 6 heteroatoms. The zero-order valence-corrected chi connectivity index (χ0v) is 9.96. The third-order valence-corrected chi connectivity index (χ3v) is 2.39. The summed E-state index contributed by atoms with van der Waals surface area (Å²) in [6, 6.07) is 0. The number of aromatic nitrogens is 2. The molecular formula is C11H18N4O2. The van der Waals surface area contributed by atoms with E-state index in [9.17, 15) is 4.79 Å². The van der Waals surface area contributed by atoms with Crippen molar-refractivity contribution in [2.75, 3.05) is 25.9 Å². The molecule has 1 aromatic rings. The molecule has 0 aliphatic heterocycles. The molecule has 0 aliphatic rings. The molecule has 1 rings (SSSR count). The summed E-state index contributed by atoms with van der Waals surface area (Å²) in [5.74, 6) is 0.133. The van der Waals surface area contributed by atoms with Gasteiger partial charge in [-0.1, -0.05) is 0 Å². The lowest BCUT2D eigenvalue weighted by Crippen LogP contribution is -2.28. The summed E-state index contributed by atoms with van der Waals surface area (Å²) in [7, 11) is 1.72. The largest absolute Gasteiger partial charge is 0.396 e. The second kappa shape index (κ2) is 6.80. The van der Waals surface area contributed by atoms with Crippen molar-refractivity contribution in [3.05, 3.63) is 18.1 Å². The topological polar surface area (TPSA) is 92.3 Å². The molecule has 0 bridgehead atoms. The van der Waals surface area contributed by atoms with Crippen LogP contribution in [-0.4, -0.2) is 46.1 Å². The first-order valence-electron chi connectivity index (χ1n) is 5.59. The molecule has 0 saturated heterocycles. The molecule has 17 heavy (non-hydrogen) atoms. The Morgan fingerprint density at radius 3 is 2.71 bits per heavy atom. The van der Waals surface area contributed by atoms with Crippen LogP contribution in [0.15, 0.2) is 12.4 Å². The van der Waals surface area contributed by atoms with Crippen LogP contribution in [0.2, 0.25) is 0 Å². The Labute approximate surface area is 100 Å². The summed E-state index contributed by atoms with van der Waals surface area (Å²) < 4.78 is 0. The summed E-state index contributed by atoms with van der Waals surface area (Å²) >= 11 is 0. The maximum Gasteiger partial charge on any atom is 0.273 e. The number of amides is 1. The second-order valence-electron chi connectivity index (χ2n) is 3.84. The van der Waals surface area contributed by atoms with Gasteiger partial charge in [-0.2, -0.15) is 0 Å². The number of carbonyl (C=O) groups is 1. The maximum absolute atomic E-state index is 11.9. The minimum Gasteiger partial charge on any atom is -0.396 e. The molecule has 94 valence electrons. The molecule has 6 nitrogen and oxygen atoms in total. The van der Waals surface area contributed by atoms with E-state index in [1.165, 1.54) is 12.4 Å². The zero-order chi connectivity index (χ0) is 12.7. The molecule has 1 aromatic heterocycles. The molecule has 0 spiro atoms. The molecule has 1 heterocycles. The number of rotatable bonds is 6. The molecular weight excluding hydrogens is 220 g/mol. The van der Waals surface area contributed by atoms with Crippen LogP contribution in [0.4, 0.5) is 5.82 Å². The minimum absolute atomic E-state index is 0.165. The highest BCUT2D eigenvalue weighted by Gasteiger charge is 2.12. The molecule has 0 radical (unpaired) electrons. The Balaban J connectivity index is 2.43. The molecule has 0 aromatic carbocycles. The number of aliphatic hydroxyl groups is 1. The summed E-state index contributed by atoms with van der Waals surface area (Å²) in [5, 5.41) is 8.63. The fourth-order valence-electron chi connectivity index (χ4n) is 1.38. The number of anilines is 1. The molecule has 0 unspecified atom stereocenters. The first kappa shape index (κ1) is 13.4. The van der Waals surface area contributed by atoms with Gasteiger partial charge in [-0.05, 0) is 19.3 Å².